The number of piperidine rings is 1. The smallest absolute Gasteiger partial charge is 0.410 e. The fraction of sp³-hybridized carbons (Fsp3) is 0.708. The van der Waals surface area contributed by atoms with Crippen LogP contribution >= 0.6 is 11.6 Å². The van der Waals surface area contributed by atoms with Gasteiger partial charge in [0, 0.05) is 29.6 Å². The summed E-state index contributed by atoms with van der Waals surface area (Å²) < 4.78 is 11.1. The lowest BCUT2D eigenvalue weighted by molar-refractivity contribution is -0.0347. The number of carbonyl (C=O) groups is 1. The van der Waals surface area contributed by atoms with Gasteiger partial charge in [-0.1, -0.05) is 11.6 Å². The molecule has 6 heteroatoms. The largest absolute Gasteiger partial charge is 0.496 e. The van der Waals surface area contributed by atoms with Gasteiger partial charge < -0.3 is 19.3 Å². The topological polar surface area (TPSA) is 42.0 Å². The van der Waals surface area contributed by atoms with Gasteiger partial charge in [0.2, 0.25) is 0 Å². The lowest BCUT2D eigenvalue weighted by atomic mass is 9.78. The Morgan fingerprint density at radius 3 is 2.50 bits per heavy atom. The highest BCUT2D eigenvalue weighted by Gasteiger charge is 2.51. The van der Waals surface area contributed by atoms with E-state index in [1.165, 1.54) is 24.8 Å². The second-order valence-electron chi connectivity index (χ2n) is 10.4. The molecule has 0 N–H and O–H groups in total. The Morgan fingerprint density at radius 1 is 1.17 bits per heavy atom. The van der Waals surface area contributed by atoms with E-state index in [9.17, 15) is 4.79 Å². The van der Waals surface area contributed by atoms with E-state index in [-0.39, 0.29) is 6.09 Å². The minimum Gasteiger partial charge on any atom is -0.496 e. The zero-order valence-electron chi connectivity index (χ0n) is 18.7. The number of nitrogens with zero attached hydrogens (tertiary/aromatic N) is 2. The zero-order valence-corrected chi connectivity index (χ0v) is 19.5. The van der Waals surface area contributed by atoms with Crippen LogP contribution in [-0.2, 0) is 4.74 Å². The van der Waals surface area contributed by atoms with Crippen molar-refractivity contribution in [1.29, 1.82) is 0 Å². The van der Waals surface area contributed by atoms with Gasteiger partial charge in [0.05, 0.1) is 7.11 Å². The van der Waals surface area contributed by atoms with Crippen molar-refractivity contribution < 1.29 is 14.3 Å². The van der Waals surface area contributed by atoms with Crippen LogP contribution in [0.25, 0.3) is 0 Å². The molecule has 3 aliphatic rings. The van der Waals surface area contributed by atoms with Gasteiger partial charge in [0.15, 0.2) is 0 Å². The third-order valence-electron chi connectivity index (χ3n) is 7.06. The summed E-state index contributed by atoms with van der Waals surface area (Å²) in [5, 5.41) is 0.783. The number of amides is 1. The summed E-state index contributed by atoms with van der Waals surface area (Å²) in [6.45, 7) is 9.73. The molecule has 1 aliphatic carbocycles. The van der Waals surface area contributed by atoms with Crippen LogP contribution in [-0.4, -0.2) is 60.8 Å². The van der Waals surface area contributed by atoms with E-state index in [4.69, 9.17) is 21.1 Å². The molecule has 3 fully saturated rings. The van der Waals surface area contributed by atoms with Crippen molar-refractivity contribution in [3.63, 3.8) is 0 Å². The van der Waals surface area contributed by atoms with E-state index < -0.39 is 5.60 Å². The fourth-order valence-electron chi connectivity index (χ4n) is 5.59. The van der Waals surface area contributed by atoms with E-state index in [1.54, 1.807) is 7.11 Å². The molecule has 166 valence electrons. The summed E-state index contributed by atoms with van der Waals surface area (Å²) in [6, 6.07) is 6.60. The van der Waals surface area contributed by atoms with E-state index in [2.05, 4.69) is 11.0 Å². The lowest BCUT2D eigenvalue weighted by Crippen LogP contribution is -2.58. The van der Waals surface area contributed by atoms with Crippen molar-refractivity contribution in [2.24, 2.45) is 5.41 Å². The maximum absolute atomic E-state index is 12.3. The molecule has 2 saturated heterocycles. The Balaban J connectivity index is 1.28. The molecular formula is C24H35ClN2O3. The molecule has 1 aromatic carbocycles. The van der Waals surface area contributed by atoms with Crippen LogP contribution in [0.4, 0.5) is 4.79 Å². The maximum atomic E-state index is 12.3. The van der Waals surface area contributed by atoms with Crippen LogP contribution in [0.5, 0.6) is 5.75 Å². The molecule has 4 rings (SSSR count). The van der Waals surface area contributed by atoms with Gasteiger partial charge in [-0.25, -0.2) is 4.79 Å². The summed E-state index contributed by atoms with van der Waals surface area (Å²) in [6.07, 6.45) is 5.80. The minimum atomic E-state index is -0.423. The predicted octanol–water partition coefficient (Wildman–Crippen LogP) is 5.32. The fourth-order valence-corrected chi connectivity index (χ4v) is 5.78. The van der Waals surface area contributed by atoms with Crippen molar-refractivity contribution in [2.75, 3.05) is 33.3 Å². The Kier molecular flexibility index (Phi) is 5.97. The predicted molar refractivity (Wildman–Crippen MR) is 119 cm³/mol. The molecule has 0 bridgehead atoms. The zero-order chi connectivity index (χ0) is 21.5. The van der Waals surface area contributed by atoms with E-state index in [1.807, 2.05) is 37.8 Å². The lowest BCUT2D eigenvalue weighted by Gasteiger charge is -2.48. The molecule has 1 saturated carbocycles. The van der Waals surface area contributed by atoms with Crippen LogP contribution < -0.4 is 4.74 Å². The number of halogens is 1. The molecule has 30 heavy (non-hydrogen) atoms. The highest BCUT2D eigenvalue weighted by Crippen LogP contribution is 2.48. The molecule has 2 aliphatic heterocycles. The van der Waals surface area contributed by atoms with Gasteiger partial charge in [-0.3, -0.25) is 0 Å². The number of benzene rings is 1. The number of hydrogen-bond donors (Lipinski definition) is 0. The summed E-state index contributed by atoms with van der Waals surface area (Å²) in [5.74, 6) is 1.46. The number of methoxy groups -OCH3 is 1. The number of ether oxygens (including phenoxy) is 2. The van der Waals surface area contributed by atoms with E-state index >= 15 is 0 Å². The van der Waals surface area contributed by atoms with E-state index in [0.29, 0.717) is 17.4 Å². The first-order valence-corrected chi connectivity index (χ1v) is 11.6. The first kappa shape index (κ1) is 21.8. The first-order chi connectivity index (χ1) is 14.2. The molecular weight excluding hydrogens is 400 g/mol. The molecule has 1 amide bonds. The first-order valence-electron chi connectivity index (χ1n) is 11.2. The molecule has 0 aromatic heterocycles. The van der Waals surface area contributed by atoms with Crippen LogP contribution in [0, 0.1) is 5.41 Å². The second-order valence-corrected chi connectivity index (χ2v) is 10.9. The van der Waals surface area contributed by atoms with Gasteiger partial charge in [0.25, 0.3) is 0 Å². The molecule has 5 nitrogen and oxygen atoms in total. The molecule has 2 heterocycles. The van der Waals surface area contributed by atoms with Gasteiger partial charge in [0.1, 0.15) is 11.4 Å². The van der Waals surface area contributed by atoms with Gasteiger partial charge in [-0.15, -0.1) is 0 Å². The third-order valence-corrected chi connectivity index (χ3v) is 7.29. The number of carbonyl (C=O) groups excluding carboxylic acids is 1. The average Bonchev–Trinajstić information content (AvgIpc) is 3.11. The molecule has 1 unspecified atom stereocenters. The molecule has 0 radical (unpaired) electrons. The highest BCUT2D eigenvalue weighted by atomic mass is 35.5. The standard InChI is InChI=1S/C24H35ClN2O3/c1-23(2,3)30-22(28)27-15-24(16-27)10-7-19(14-24)26-11-8-17(9-12-26)20-13-18(25)5-6-21(20)29-4/h5-6,13,17,19H,7-12,14-16H2,1-4H3. The SMILES string of the molecule is COc1ccc(Cl)cc1C1CCN(C2CCC3(C2)CN(C(=O)OC(C)(C)C)C3)CC1. The normalized spacial score (nSPS) is 24.7. The maximum Gasteiger partial charge on any atom is 0.410 e. The quantitative estimate of drug-likeness (QED) is 0.645. The second kappa shape index (κ2) is 8.23. The Morgan fingerprint density at radius 2 is 1.87 bits per heavy atom. The summed E-state index contributed by atoms with van der Waals surface area (Å²) >= 11 is 6.25. The average molecular weight is 435 g/mol. The Bertz CT molecular complexity index is 777. The van der Waals surface area contributed by atoms with Crippen molar-refractivity contribution in [3.05, 3.63) is 28.8 Å². The highest BCUT2D eigenvalue weighted by molar-refractivity contribution is 6.30. The van der Waals surface area contributed by atoms with Crippen molar-refractivity contribution in [3.8, 4) is 5.75 Å². The van der Waals surface area contributed by atoms with E-state index in [0.717, 1.165) is 49.8 Å². The van der Waals surface area contributed by atoms with Gasteiger partial charge >= 0.3 is 6.09 Å². The van der Waals surface area contributed by atoms with Crippen LogP contribution in [0.2, 0.25) is 5.02 Å². The molecule has 1 atom stereocenters. The number of hydrogen-bond acceptors (Lipinski definition) is 4. The van der Waals surface area contributed by atoms with Crippen LogP contribution in [0.1, 0.15) is 64.4 Å². The minimum absolute atomic E-state index is 0.159. The Hall–Kier alpha value is -1.46. The van der Waals surface area contributed by atoms with Crippen LogP contribution in [0.3, 0.4) is 0 Å². The van der Waals surface area contributed by atoms with Gasteiger partial charge in [-0.05, 0) is 95.6 Å². The molecule has 1 spiro atoms. The third kappa shape index (κ3) is 4.57. The summed E-state index contributed by atoms with van der Waals surface area (Å²) in [4.78, 5) is 16.8. The summed E-state index contributed by atoms with van der Waals surface area (Å²) in [5.41, 5.74) is 1.14. The van der Waals surface area contributed by atoms with Crippen molar-refractivity contribution in [2.45, 2.75) is 70.4 Å². The number of rotatable bonds is 3. The summed E-state index contributed by atoms with van der Waals surface area (Å²) in [7, 11) is 1.74. The Labute approximate surface area is 185 Å². The number of likely N-dealkylation sites (tertiary alicyclic amines) is 2. The monoisotopic (exact) mass is 434 g/mol. The van der Waals surface area contributed by atoms with Crippen molar-refractivity contribution >= 4 is 17.7 Å². The van der Waals surface area contributed by atoms with Crippen LogP contribution in [0.15, 0.2) is 18.2 Å². The van der Waals surface area contributed by atoms with Gasteiger partial charge in [-0.2, -0.15) is 0 Å². The van der Waals surface area contributed by atoms with Crippen molar-refractivity contribution in [1.82, 2.24) is 9.80 Å². The molecule has 1 aromatic rings.